The van der Waals surface area contributed by atoms with E-state index in [2.05, 4.69) is 4.98 Å². The monoisotopic (exact) mass is 489 g/mol. The van der Waals surface area contributed by atoms with E-state index < -0.39 is 5.41 Å². The first-order valence-corrected chi connectivity index (χ1v) is 13.2. The van der Waals surface area contributed by atoms with Crippen molar-refractivity contribution in [1.82, 2.24) is 14.8 Å². The topological polar surface area (TPSA) is 79.8 Å². The van der Waals surface area contributed by atoms with E-state index in [0.717, 1.165) is 43.5 Å². The van der Waals surface area contributed by atoms with E-state index in [-0.39, 0.29) is 43.2 Å². The molecule has 3 amide bonds. The van der Waals surface area contributed by atoms with Crippen LogP contribution in [0.1, 0.15) is 56.2 Å². The Morgan fingerprint density at radius 1 is 1.03 bits per heavy atom. The summed E-state index contributed by atoms with van der Waals surface area (Å²) in [6.07, 6.45) is 7.72. The Labute approximate surface area is 212 Å². The smallest absolute Gasteiger partial charge is 0.240 e. The summed E-state index contributed by atoms with van der Waals surface area (Å²) in [6.45, 7) is 2.27. The minimum Gasteiger partial charge on any atom is -0.376 e. The standard InChI is InChI=1S/C29H35N3O4/c33-26(31(20-22-8-6-9-22)21-25-13-7-17-36-25)18-29(23-10-2-1-3-11-23)19-27(34)32(28(29)35)16-14-24-12-4-5-15-30-24/h1-5,10-12,15,22,25H,6-9,13-14,16-21H2/t25-,29+/m0/s1. The van der Waals surface area contributed by atoms with Crippen molar-refractivity contribution in [3.8, 4) is 0 Å². The molecule has 2 aromatic rings. The maximum Gasteiger partial charge on any atom is 0.240 e. The first kappa shape index (κ1) is 24.6. The van der Waals surface area contributed by atoms with Gasteiger partial charge in [0.05, 0.1) is 11.5 Å². The molecule has 5 rings (SSSR count). The van der Waals surface area contributed by atoms with Gasteiger partial charge in [-0.15, -0.1) is 0 Å². The van der Waals surface area contributed by atoms with Gasteiger partial charge in [0.25, 0.3) is 0 Å². The van der Waals surface area contributed by atoms with Gasteiger partial charge in [0.15, 0.2) is 0 Å². The zero-order valence-corrected chi connectivity index (χ0v) is 20.8. The van der Waals surface area contributed by atoms with Crippen LogP contribution in [0.4, 0.5) is 0 Å². The van der Waals surface area contributed by atoms with Crippen LogP contribution in [-0.4, -0.2) is 64.9 Å². The van der Waals surface area contributed by atoms with Crippen molar-refractivity contribution in [1.29, 1.82) is 0 Å². The van der Waals surface area contributed by atoms with Gasteiger partial charge in [0.1, 0.15) is 0 Å². The second kappa shape index (κ2) is 10.9. The van der Waals surface area contributed by atoms with Crippen molar-refractivity contribution < 1.29 is 19.1 Å². The molecule has 36 heavy (non-hydrogen) atoms. The second-order valence-electron chi connectivity index (χ2n) is 10.5. The van der Waals surface area contributed by atoms with Gasteiger partial charge in [-0.05, 0) is 49.3 Å². The summed E-state index contributed by atoms with van der Waals surface area (Å²) < 4.78 is 5.85. The third-order valence-electron chi connectivity index (χ3n) is 8.01. The number of benzene rings is 1. The zero-order valence-electron chi connectivity index (χ0n) is 20.8. The van der Waals surface area contributed by atoms with Crippen molar-refractivity contribution in [2.45, 2.75) is 62.9 Å². The number of nitrogens with zero attached hydrogens (tertiary/aromatic N) is 3. The fraction of sp³-hybridized carbons (Fsp3) is 0.517. The molecule has 7 nitrogen and oxygen atoms in total. The zero-order chi connectivity index (χ0) is 25.0. The molecule has 2 atom stereocenters. The van der Waals surface area contributed by atoms with Crippen LogP contribution in [0.5, 0.6) is 0 Å². The number of aromatic nitrogens is 1. The lowest BCUT2D eigenvalue weighted by Crippen LogP contribution is -2.47. The third kappa shape index (κ3) is 5.21. The highest BCUT2D eigenvalue weighted by Gasteiger charge is 2.54. The van der Waals surface area contributed by atoms with Gasteiger partial charge in [-0.25, -0.2) is 0 Å². The van der Waals surface area contributed by atoms with Crippen LogP contribution in [0.25, 0.3) is 0 Å². The highest BCUT2D eigenvalue weighted by atomic mass is 16.5. The molecule has 7 heteroatoms. The van der Waals surface area contributed by atoms with Crippen LogP contribution in [0.2, 0.25) is 0 Å². The molecule has 2 aliphatic heterocycles. The first-order valence-electron chi connectivity index (χ1n) is 13.2. The van der Waals surface area contributed by atoms with E-state index in [1.54, 1.807) is 6.20 Å². The Kier molecular flexibility index (Phi) is 7.46. The number of carbonyl (C=O) groups excluding carboxylic acids is 3. The van der Waals surface area contributed by atoms with Crippen LogP contribution >= 0.6 is 0 Å². The Morgan fingerprint density at radius 3 is 2.50 bits per heavy atom. The SMILES string of the molecule is O=C(C[C@]1(c2ccccc2)CC(=O)N(CCc2ccccn2)C1=O)N(CC1CCC1)C[C@@H]1CCCO1. The summed E-state index contributed by atoms with van der Waals surface area (Å²) in [7, 11) is 0. The van der Waals surface area contributed by atoms with Gasteiger partial charge < -0.3 is 9.64 Å². The molecular formula is C29H35N3O4. The second-order valence-corrected chi connectivity index (χ2v) is 10.5. The number of hydrogen-bond donors (Lipinski definition) is 0. The molecule has 0 N–H and O–H groups in total. The quantitative estimate of drug-likeness (QED) is 0.477. The van der Waals surface area contributed by atoms with E-state index in [1.165, 1.54) is 11.3 Å². The molecule has 2 saturated heterocycles. The molecule has 1 aliphatic carbocycles. The number of amides is 3. The average molecular weight is 490 g/mol. The van der Waals surface area contributed by atoms with Gasteiger partial charge in [-0.3, -0.25) is 24.3 Å². The molecule has 0 radical (unpaired) electrons. The molecule has 0 unspecified atom stereocenters. The number of carbonyl (C=O) groups is 3. The molecule has 1 saturated carbocycles. The summed E-state index contributed by atoms with van der Waals surface area (Å²) in [5.41, 5.74) is 0.390. The van der Waals surface area contributed by atoms with Crippen LogP contribution in [-0.2, 0) is 31.0 Å². The predicted molar refractivity (Wildman–Crippen MR) is 135 cm³/mol. The number of rotatable bonds is 10. The molecule has 0 spiro atoms. The van der Waals surface area contributed by atoms with E-state index in [9.17, 15) is 14.4 Å². The van der Waals surface area contributed by atoms with Crippen LogP contribution in [0.15, 0.2) is 54.7 Å². The summed E-state index contributed by atoms with van der Waals surface area (Å²) in [5.74, 6) is -0.0475. The Bertz CT molecular complexity index is 1070. The average Bonchev–Trinajstić information content (AvgIpc) is 3.47. The van der Waals surface area contributed by atoms with Crippen LogP contribution < -0.4 is 0 Å². The summed E-state index contributed by atoms with van der Waals surface area (Å²) >= 11 is 0. The van der Waals surface area contributed by atoms with Gasteiger partial charge in [-0.1, -0.05) is 42.8 Å². The van der Waals surface area contributed by atoms with Crippen molar-refractivity contribution >= 4 is 17.7 Å². The molecular weight excluding hydrogens is 454 g/mol. The van der Waals surface area contributed by atoms with E-state index in [1.807, 2.05) is 53.4 Å². The largest absolute Gasteiger partial charge is 0.376 e. The molecule has 190 valence electrons. The summed E-state index contributed by atoms with van der Waals surface area (Å²) in [6, 6.07) is 15.0. The highest BCUT2D eigenvalue weighted by Crippen LogP contribution is 2.41. The van der Waals surface area contributed by atoms with Gasteiger partial charge >= 0.3 is 0 Å². The van der Waals surface area contributed by atoms with Crippen LogP contribution in [0, 0.1) is 5.92 Å². The Morgan fingerprint density at radius 2 is 1.83 bits per heavy atom. The van der Waals surface area contributed by atoms with Gasteiger partial charge in [-0.2, -0.15) is 0 Å². The molecule has 3 fully saturated rings. The van der Waals surface area contributed by atoms with Crippen molar-refractivity contribution in [3.63, 3.8) is 0 Å². The lowest BCUT2D eigenvalue weighted by atomic mass is 9.75. The Hall–Kier alpha value is -3.06. The maximum absolute atomic E-state index is 13.9. The predicted octanol–water partition coefficient (Wildman–Crippen LogP) is 3.52. The molecule has 1 aromatic carbocycles. The minimum atomic E-state index is -1.17. The number of ether oxygens (including phenoxy) is 1. The van der Waals surface area contributed by atoms with Gasteiger partial charge in [0.2, 0.25) is 17.7 Å². The lowest BCUT2D eigenvalue weighted by Gasteiger charge is -2.36. The molecule has 0 bridgehead atoms. The van der Waals surface area contributed by atoms with Crippen LogP contribution in [0.3, 0.4) is 0 Å². The first-order chi connectivity index (χ1) is 17.5. The van der Waals surface area contributed by atoms with Crippen molar-refractivity contribution in [3.05, 3.63) is 66.0 Å². The normalized spacial score (nSPS) is 24.2. The number of likely N-dealkylation sites (tertiary alicyclic amines) is 1. The van der Waals surface area contributed by atoms with E-state index >= 15 is 0 Å². The number of hydrogen-bond acceptors (Lipinski definition) is 5. The summed E-state index contributed by atoms with van der Waals surface area (Å²) in [4.78, 5) is 48.6. The fourth-order valence-corrected chi connectivity index (χ4v) is 5.69. The highest BCUT2D eigenvalue weighted by molar-refractivity contribution is 6.10. The molecule has 3 aliphatic rings. The lowest BCUT2D eigenvalue weighted by molar-refractivity contribution is -0.143. The van der Waals surface area contributed by atoms with Crippen molar-refractivity contribution in [2.75, 3.05) is 26.2 Å². The maximum atomic E-state index is 13.9. The van der Waals surface area contributed by atoms with Gasteiger partial charge in [0, 0.05) is 57.4 Å². The Balaban J connectivity index is 1.38. The third-order valence-corrected chi connectivity index (χ3v) is 8.01. The summed E-state index contributed by atoms with van der Waals surface area (Å²) in [5, 5.41) is 0. The molecule has 1 aromatic heterocycles. The number of imide groups is 1. The minimum absolute atomic E-state index is 0.00110. The number of pyridine rings is 1. The fourth-order valence-electron chi connectivity index (χ4n) is 5.69. The van der Waals surface area contributed by atoms with E-state index in [0.29, 0.717) is 25.4 Å². The molecule has 3 heterocycles. The van der Waals surface area contributed by atoms with Crippen molar-refractivity contribution in [2.24, 2.45) is 5.92 Å². The van der Waals surface area contributed by atoms with E-state index in [4.69, 9.17) is 4.74 Å².